The Labute approximate surface area is 176 Å². The van der Waals surface area contributed by atoms with Crippen LogP contribution in [-0.2, 0) is 0 Å². The fourth-order valence-corrected chi connectivity index (χ4v) is 2.97. The van der Waals surface area contributed by atoms with Crippen LogP contribution in [0.5, 0.6) is 5.75 Å². The van der Waals surface area contributed by atoms with E-state index in [9.17, 15) is 19.1 Å². The van der Waals surface area contributed by atoms with Crippen LogP contribution in [0.1, 0.15) is 27.5 Å². The van der Waals surface area contributed by atoms with Gasteiger partial charge in [0.2, 0.25) is 5.78 Å². The number of amides is 2. The van der Waals surface area contributed by atoms with Gasteiger partial charge in [0.25, 0.3) is 0 Å². The molecule has 10 heteroatoms. The second-order valence-corrected chi connectivity index (χ2v) is 7.17. The first-order chi connectivity index (χ1) is 14.7. The Balaban J connectivity index is 2.02. The molecular weight excluding hydrogens is 409 g/mol. The number of alkyl halides is 1. The molecule has 164 valence electrons. The minimum absolute atomic E-state index is 0.0923. The number of aliphatic hydroxyl groups is 2. The van der Waals surface area contributed by atoms with Gasteiger partial charge in [0, 0.05) is 28.4 Å². The van der Waals surface area contributed by atoms with Crippen molar-refractivity contribution in [2.75, 3.05) is 25.2 Å². The van der Waals surface area contributed by atoms with Crippen molar-refractivity contribution in [1.29, 1.82) is 0 Å². The number of rotatable bonds is 8. The minimum Gasteiger partial charge on any atom is -0.490 e. The van der Waals surface area contributed by atoms with Gasteiger partial charge in [-0.2, -0.15) is 0 Å². The molecule has 1 atom stereocenters. The molecular formula is C21H22FN3O6. The molecule has 0 saturated carbocycles. The SMILES string of the molecule is Cc1ccc(C(=O)c2oc3cc(OCC(O)(CO)CF)ccc3c2NC(N)=O)c(C)n1. The molecule has 0 aliphatic rings. The number of urea groups is 1. The number of carbonyl (C=O) groups excluding carboxylic acids is 2. The third-order valence-corrected chi connectivity index (χ3v) is 4.64. The maximum atomic E-state index is 13.1. The molecule has 0 aliphatic carbocycles. The van der Waals surface area contributed by atoms with Crippen LogP contribution in [0, 0.1) is 13.8 Å². The van der Waals surface area contributed by atoms with Crippen molar-refractivity contribution in [1.82, 2.24) is 4.98 Å². The number of ketones is 1. The van der Waals surface area contributed by atoms with E-state index in [0.717, 1.165) is 5.69 Å². The van der Waals surface area contributed by atoms with Crippen LogP contribution < -0.4 is 15.8 Å². The Morgan fingerprint density at radius 1 is 1.29 bits per heavy atom. The van der Waals surface area contributed by atoms with Crippen molar-refractivity contribution in [2.45, 2.75) is 19.4 Å². The maximum Gasteiger partial charge on any atom is 0.316 e. The van der Waals surface area contributed by atoms with Crippen molar-refractivity contribution < 1.29 is 33.3 Å². The van der Waals surface area contributed by atoms with Crippen molar-refractivity contribution in [3.63, 3.8) is 0 Å². The molecule has 9 nitrogen and oxygen atoms in total. The number of hydrogen-bond acceptors (Lipinski definition) is 7. The van der Waals surface area contributed by atoms with Crippen LogP contribution in [0.3, 0.4) is 0 Å². The molecule has 3 aromatic rings. The second-order valence-electron chi connectivity index (χ2n) is 7.17. The van der Waals surface area contributed by atoms with E-state index >= 15 is 0 Å². The molecule has 0 spiro atoms. The number of nitrogens with one attached hydrogen (secondary N) is 1. The lowest BCUT2D eigenvalue weighted by atomic mass is 10.1. The van der Waals surface area contributed by atoms with Gasteiger partial charge < -0.3 is 30.4 Å². The zero-order chi connectivity index (χ0) is 22.8. The fraction of sp³-hybridized carbons (Fsp3) is 0.286. The Morgan fingerprint density at radius 3 is 2.65 bits per heavy atom. The van der Waals surface area contributed by atoms with Gasteiger partial charge in [0.05, 0.1) is 6.61 Å². The molecule has 2 aromatic heterocycles. The molecule has 0 bridgehead atoms. The van der Waals surface area contributed by atoms with Crippen LogP contribution in [0.25, 0.3) is 11.0 Å². The van der Waals surface area contributed by atoms with E-state index in [1.54, 1.807) is 26.0 Å². The quantitative estimate of drug-likeness (QED) is 0.400. The van der Waals surface area contributed by atoms with E-state index in [1.165, 1.54) is 18.2 Å². The number of carbonyl (C=O) groups is 2. The summed E-state index contributed by atoms with van der Waals surface area (Å²) < 4.78 is 23.9. The van der Waals surface area contributed by atoms with Crippen molar-refractivity contribution in [3.05, 3.63) is 53.0 Å². The normalized spacial score (nSPS) is 13.1. The van der Waals surface area contributed by atoms with Gasteiger partial charge in [-0.3, -0.25) is 9.78 Å². The third-order valence-electron chi connectivity index (χ3n) is 4.64. The molecule has 0 radical (unpaired) electrons. The van der Waals surface area contributed by atoms with Crippen LogP contribution in [0.4, 0.5) is 14.9 Å². The highest BCUT2D eigenvalue weighted by atomic mass is 19.1. The highest BCUT2D eigenvalue weighted by Gasteiger charge is 2.28. The number of primary amides is 1. The molecule has 1 aromatic carbocycles. The summed E-state index contributed by atoms with van der Waals surface area (Å²) in [6, 6.07) is 6.82. The zero-order valence-corrected chi connectivity index (χ0v) is 16.9. The van der Waals surface area contributed by atoms with Gasteiger partial charge in [-0.25, -0.2) is 9.18 Å². The molecule has 31 heavy (non-hydrogen) atoms. The first-order valence-electron chi connectivity index (χ1n) is 9.31. The molecule has 1 unspecified atom stereocenters. The van der Waals surface area contributed by atoms with Crippen molar-refractivity contribution in [3.8, 4) is 5.75 Å². The highest BCUT2D eigenvalue weighted by Crippen LogP contribution is 2.35. The summed E-state index contributed by atoms with van der Waals surface area (Å²) in [5.74, 6) is -0.450. The average molecular weight is 431 g/mol. The summed E-state index contributed by atoms with van der Waals surface area (Å²) in [5, 5.41) is 21.7. The number of aryl methyl sites for hydroxylation is 2. The number of ether oxygens (including phenoxy) is 1. The number of hydrogen-bond donors (Lipinski definition) is 4. The van der Waals surface area contributed by atoms with Gasteiger partial charge >= 0.3 is 6.03 Å². The van der Waals surface area contributed by atoms with E-state index in [4.69, 9.17) is 20.0 Å². The lowest BCUT2D eigenvalue weighted by Crippen LogP contribution is -2.42. The highest BCUT2D eigenvalue weighted by molar-refractivity contribution is 6.17. The van der Waals surface area contributed by atoms with E-state index in [0.29, 0.717) is 16.6 Å². The first-order valence-corrected chi connectivity index (χ1v) is 9.31. The number of furan rings is 1. The Morgan fingerprint density at radius 2 is 2.03 bits per heavy atom. The molecule has 3 rings (SSSR count). The van der Waals surface area contributed by atoms with Crippen LogP contribution >= 0.6 is 0 Å². The molecule has 5 N–H and O–H groups in total. The van der Waals surface area contributed by atoms with Crippen LogP contribution in [-0.4, -0.2) is 52.5 Å². The Kier molecular flexibility index (Phi) is 6.23. The fourth-order valence-electron chi connectivity index (χ4n) is 2.97. The van der Waals surface area contributed by atoms with Crippen LogP contribution in [0.2, 0.25) is 0 Å². The van der Waals surface area contributed by atoms with Gasteiger partial charge in [0.15, 0.2) is 5.76 Å². The number of aromatic nitrogens is 1. The molecule has 0 aliphatic heterocycles. The number of benzene rings is 1. The number of aliphatic hydroxyl groups excluding tert-OH is 1. The number of nitrogens with zero attached hydrogens (tertiary/aromatic N) is 1. The predicted octanol–water partition coefficient (Wildman–Crippen LogP) is 2.24. The Bertz CT molecular complexity index is 1140. The first kappa shape index (κ1) is 22.2. The molecule has 0 saturated heterocycles. The standard InChI is InChI=1S/C21H22FN3O6/c1-11-3-5-14(12(2)24-11)18(27)19-17(25-20(23)28)15-6-4-13(7-16(15)31-19)30-10-21(29,8-22)9-26/h3-7,26,29H,8-10H2,1-2H3,(H3,23,25,28). The summed E-state index contributed by atoms with van der Waals surface area (Å²) in [5.41, 5.74) is 5.04. The number of pyridine rings is 1. The third kappa shape index (κ3) is 4.65. The van der Waals surface area contributed by atoms with Gasteiger partial charge in [-0.05, 0) is 38.1 Å². The maximum absolute atomic E-state index is 13.1. The summed E-state index contributed by atoms with van der Waals surface area (Å²) in [6.45, 7) is 0.968. The lowest BCUT2D eigenvalue weighted by Gasteiger charge is -2.22. The zero-order valence-electron chi connectivity index (χ0n) is 16.9. The summed E-state index contributed by atoms with van der Waals surface area (Å²) >= 11 is 0. The predicted molar refractivity (Wildman–Crippen MR) is 110 cm³/mol. The summed E-state index contributed by atoms with van der Waals surface area (Å²) in [6.07, 6.45) is 0. The topological polar surface area (TPSA) is 148 Å². The van der Waals surface area contributed by atoms with E-state index in [1.807, 2.05) is 0 Å². The van der Waals surface area contributed by atoms with E-state index in [2.05, 4.69) is 10.3 Å². The van der Waals surface area contributed by atoms with E-state index in [-0.39, 0.29) is 22.8 Å². The second kappa shape index (κ2) is 8.70. The van der Waals surface area contributed by atoms with Gasteiger partial charge in [0.1, 0.15) is 35.9 Å². The van der Waals surface area contributed by atoms with Crippen molar-refractivity contribution >= 4 is 28.5 Å². The van der Waals surface area contributed by atoms with Gasteiger partial charge in [-0.15, -0.1) is 0 Å². The number of anilines is 1. The monoisotopic (exact) mass is 431 g/mol. The molecule has 2 heterocycles. The van der Waals surface area contributed by atoms with Crippen molar-refractivity contribution in [2.24, 2.45) is 5.73 Å². The minimum atomic E-state index is -2.03. The molecule has 2 amide bonds. The largest absolute Gasteiger partial charge is 0.490 e. The molecule has 0 fully saturated rings. The summed E-state index contributed by atoms with van der Waals surface area (Å²) in [4.78, 5) is 28.9. The van der Waals surface area contributed by atoms with Gasteiger partial charge in [-0.1, -0.05) is 0 Å². The summed E-state index contributed by atoms with van der Waals surface area (Å²) in [7, 11) is 0. The van der Waals surface area contributed by atoms with E-state index < -0.39 is 37.3 Å². The number of nitrogens with two attached hydrogens (primary N) is 1. The number of halogens is 1. The van der Waals surface area contributed by atoms with Crippen LogP contribution in [0.15, 0.2) is 34.7 Å². The lowest BCUT2D eigenvalue weighted by molar-refractivity contribution is -0.0620. The average Bonchev–Trinajstić information content (AvgIpc) is 3.08. The number of fused-ring (bicyclic) bond motifs is 1. The smallest absolute Gasteiger partial charge is 0.316 e. The Hall–Kier alpha value is -3.50.